The molecule has 0 atom stereocenters. The monoisotopic (exact) mass is 692 g/mol. The van der Waals surface area contributed by atoms with Crippen molar-refractivity contribution in [3.8, 4) is 44.8 Å². The highest BCUT2D eigenvalue weighted by molar-refractivity contribution is 7.26. The first kappa shape index (κ1) is 30.0. The summed E-state index contributed by atoms with van der Waals surface area (Å²) < 4.78 is 7.36. The van der Waals surface area contributed by atoms with E-state index < -0.39 is 0 Å². The number of hydrogen-bond donors (Lipinski definition) is 0. The fourth-order valence-corrected chi connectivity index (χ4v) is 9.69. The molecule has 0 saturated heterocycles. The summed E-state index contributed by atoms with van der Waals surface area (Å²) in [5.41, 5.74) is 13.5. The van der Waals surface area contributed by atoms with Crippen LogP contribution in [0.1, 0.15) is 0 Å². The molecule has 0 N–H and O–H groups in total. The van der Waals surface area contributed by atoms with Crippen LogP contribution in [0.2, 0.25) is 0 Å². The Bertz CT molecular complexity index is 3130. The summed E-state index contributed by atoms with van der Waals surface area (Å²) in [4.78, 5) is 0. The van der Waals surface area contributed by atoms with Gasteiger partial charge in [0.2, 0.25) is 0 Å². The smallest absolute Gasteiger partial charge is 0.0548 e. The van der Waals surface area contributed by atoms with Gasteiger partial charge in [0.15, 0.2) is 0 Å². The third-order valence-electron chi connectivity index (χ3n) is 10.8. The number of nitrogens with zero attached hydrogens (tertiary/aromatic N) is 2. The Labute approximate surface area is 311 Å². The van der Waals surface area contributed by atoms with E-state index in [1.165, 1.54) is 91.9 Å². The summed E-state index contributed by atoms with van der Waals surface area (Å²) in [6.07, 6.45) is 2.19. The van der Waals surface area contributed by atoms with E-state index in [0.29, 0.717) is 0 Å². The Kier molecular flexibility index (Phi) is 6.76. The molecular weight excluding hydrogens is 661 g/mol. The second-order valence-electron chi connectivity index (χ2n) is 13.7. The van der Waals surface area contributed by atoms with Gasteiger partial charge in [-0.1, -0.05) is 140 Å². The maximum Gasteiger partial charge on any atom is 0.0548 e. The molecule has 0 aliphatic rings. The predicted octanol–water partition coefficient (Wildman–Crippen LogP) is 14.1. The second-order valence-corrected chi connectivity index (χ2v) is 14.7. The molecule has 11 rings (SSSR count). The molecule has 8 aromatic carbocycles. The number of hydrogen-bond acceptors (Lipinski definition) is 1. The molecule has 3 aromatic heterocycles. The standard InChI is InChI=1S/C50H32N2S/c1-3-11-33(12-4-1)34-21-23-35(24-22-34)39-16-9-18-41-42-19-10-17-40(50(42)53-49(39)41)36-25-27-38(28-26-36)52-46-20-8-7-15-43(46)48-44-31-32-51(37-13-5-2-6-14-37)45(44)29-30-47(48)52/h1-32H. The van der Waals surface area contributed by atoms with Crippen LogP contribution in [0.5, 0.6) is 0 Å². The number of benzene rings is 8. The summed E-state index contributed by atoms with van der Waals surface area (Å²) in [5, 5.41) is 6.44. The van der Waals surface area contributed by atoms with Gasteiger partial charge in [0.1, 0.15) is 0 Å². The van der Waals surface area contributed by atoms with E-state index in [-0.39, 0.29) is 0 Å². The SMILES string of the molecule is c1ccc(-c2ccc(-c3cccc4c3sc3c(-c5ccc(-n6c7ccccc7c7c8ccn(-c9ccccc9)c8ccc76)cc5)cccc34)cc2)cc1. The molecule has 53 heavy (non-hydrogen) atoms. The van der Waals surface area contributed by atoms with Gasteiger partial charge in [-0.15, -0.1) is 11.3 Å². The Morgan fingerprint density at radius 1 is 0.321 bits per heavy atom. The summed E-state index contributed by atoms with van der Waals surface area (Å²) >= 11 is 1.91. The Hall–Kier alpha value is -6.68. The molecular formula is C50H32N2S. The molecule has 0 amide bonds. The van der Waals surface area contributed by atoms with E-state index in [0.717, 1.165) is 5.69 Å². The van der Waals surface area contributed by atoms with Gasteiger partial charge in [-0.05, 0) is 81.9 Å². The van der Waals surface area contributed by atoms with Gasteiger partial charge in [0.05, 0.1) is 16.6 Å². The summed E-state index contributed by atoms with van der Waals surface area (Å²) in [7, 11) is 0. The highest BCUT2D eigenvalue weighted by Gasteiger charge is 2.18. The average Bonchev–Trinajstić information content (AvgIpc) is 3.94. The first-order chi connectivity index (χ1) is 26.3. The topological polar surface area (TPSA) is 9.86 Å². The van der Waals surface area contributed by atoms with E-state index in [4.69, 9.17) is 0 Å². The molecule has 248 valence electrons. The van der Waals surface area contributed by atoms with Crippen LogP contribution in [0.4, 0.5) is 0 Å². The number of thiophene rings is 1. The highest BCUT2D eigenvalue weighted by Crippen LogP contribution is 2.44. The Morgan fingerprint density at radius 2 is 0.849 bits per heavy atom. The lowest BCUT2D eigenvalue weighted by atomic mass is 9.98. The third kappa shape index (κ3) is 4.71. The molecule has 0 spiro atoms. The fraction of sp³-hybridized carbons (Fsp3) is 0. The van der Waals surface area contributed by atoms with E-state index in [1.54, 1.807) is 0 Å². The van der Waals surface area contributed by atoms with Crippen LogP contribution in [-0.4, -0.2) is 9.13 Å². The van der Waals surface area contributed by atoms with Crippen molar-refractivity contribution in [3.63, 3.8) is 0 Å². The first-order valence-corrected chi connectivity index (χ1v) is 18.9. The van der Waals surface area contributed by atoms with Crippen LogP contribution in [0, 0.1) is 0 Å². The molecule has 0 saturated carbocycles. The van der Waals surface area contributed by atoms with Gasteiger partial charge in [-0.3, -0.25) is 0 Å². The highest BCUT2D eigenvalue weighted by atomic mass is 32.1. The van der Waals surface area contributed by atoms with Crippen molar-refractivity contribution in [2.75, 3.05) is 0 Å². The van der Waals surface area contributed by atoms with E-state index in [9.17, 15) is 0 Å². The fourth-order valence-electron chi connectivity index (χ4n) is 8.31. The average molecular weight is 693 g/mol. The molecule has 0 radical (unpaired) electrons. The van der Waals surface area contributed by atoms with Crippen LogP contribution in [-0.2, 0) is 0 Å². The van der Waals surface area contributed by atoms with Crippen molar-refractivity contribution in [2.45, 2.75) is 0 Å². The van der Waals surface area contributed by atoms with Gasteiger partial charge in [0, 0.05) is 53.9 Å². The largest absolute Gasteiger partial charge is 0.317 e. The minimum absolute atomic E-state index is 1.16. The Balaban J connectivity index is 1.01. The van der Waals surface area contributed by atoms with Gasteiger partial charge in [-0.25, -0.2) is 0 Å². The van der Waals surface area contributed by atoms with E-state index in [1.807, 2.05) is 11.3 Å². The lowest BCUT2D eigenvalue weighted by Crippen LogP contribution is -1.94. The van der Waals surface area contributed by atoms with E-state index in [2.05, 4.69) is 203 Å². The van der Waals surface area contributed by atoms with Crippen molar-refractivity contribution in [2.24, 2.45) is 0 Å². The maximum absolute atomic E-state index is 2.42. The number of fused-ring (bicyclic) bond motifs is 8. The maximum atomic E-state index is 2.42. The molecule has 0 bridgehead atoms. The second kappa shape index (κ2) is 11.9. The van der Waals surface area contributed by atoms with Crippen LogP contribution < -0.4 is 0 Å². The Morgan fingerprint density at radius 3 is 1.55 bits per heavy atom. The van der Waals surface area contributed by atoms with Crippen molar-refractivity contribution in [1.82, 2.24) is 9.13 Å². The van der Waals surface area contributed by atoms with Gasteiger partial charge in [-0.2, -0.15) is 0 Å². The molecule has 3 heteroatoms. The lowest BCUT2D eigenvalue weighted by molar-refractivity contribution is 1.13. The summed E-state index contributed by atoms with van der Waals surface area (Å²) in [6.45, 7) is 0. The van der Waals surface area contributed by atoms with Crippen molar-refractivity contribution < 1.29 is 0 Å². The van der Waals surface area contributed by atoms with Crippen LogP contribution in [0.25, 0.3) is 97.6 Å². The van der Waals surface area contributed by atoms with Crippen molar-refractivity contribution in [1.29, 1.82) is 0 Å². The van der Waals surface area contributed by atoms with Crippen molar-refractivity contribution >= 4 is 64.2 Å². The molecule has 0 unspecified atom stereocenters. The summed E-state index contributed by atoms with van der Waals surface area (Å²) in [6, 6.07) is 68.5. The predicted molar refractivity (Wildman–Crippen MR) is 227 cm³/mol. The van der Waals surface area contributed by atoms with Crippen LogP contribution in [0.3, 0.4) is 0 Å². The number of rotatable bonds is 5. The zero-order valence-corrected chi connectivity index (χ0v) is 29.6. The zero-order valence-electron chi connectivity index (χ0n) is 28.8. The zero-order chi connectivity index (χ0) is 34.9. The lowest BCUT2D eigenvalue weighted by Gasteiger charge is -2.10. The minimum Gasteiger partial charge on any atom is -0.317 e. The van der Waals surface area contributed by atoms with Crippen LogP contribution in [0.15, 0.2) is 194 Å². The molecule has 2 nitrogen and oxygen atoms in total. The normalized spacial score (nSPS) is 11.8. The molecule has 0 aliphatic heterocycles. The number of para-hydroxylation sites is 2. The van der Waals surface area contributed by atoms with Crippen LogP contribution >= 0.6 is 11.3 Å². The molecule has 11 aromatic rings. The third-order valence-corrected chi connectivity index (χ3v) is 12.1. The minimum atomic E-state index is 1.16. The first-order valence-electron chi connectivity index (χ1n) is 18.1. The molecule has 0 fully saturated rings. The summed E-state index contributed by atoms with van der Waals surface area (Å²) in [5.74, 6) is 0. The van der Waals surface area contributed by atoms with Crippen molar-refractivity contribution in [3.05, 3.63) is 194 Å². The van der Waals surface area contributed by atoms with Gasteiger partial charge in [0.25, 0.3) is 0 Å². The van der Waals surface area contributed by atoms with Gasteiger partial charge < -0.3 is 9.13 Å². The quantitative estimate of drug-likeness (QED) is 0.170. The number of aromatic nitrogens is 2. The molecule has 3 heterocycles. The molecule has 0 aliphatic carbocycles. The van der Waals surface area contributed by atoms with E-state index >= 15 is 0 Å². The van der Waals surface area contributed by atoms with Gasteiger partial charge >= 0.3 is 0 Å².